The van der Waals surface area contributed by atoms with E-state index in [1.165, 1.54) is 11.8 Å². The summed E-state index contributed by atoms with van der Waals surface area (Å²) in [6.07, 6.45) is 2.60. The maximum Gasteiger partial charge on any atom is 0.266 e. The number of carbonyl (C=O) groups is 2. The van der Waals surface area contributed by atoms with Crippen LogP contribution in [0.2, 0.25) is 0 Å². The minimum Gasteiger partial charge on any atom is -0.298 e. The molecular formula is C15H15NO2S2. The lowest BCUT2D eigenvalue weighted by Gasteiger charge is -2.30. The molecule has 3 nitrogen and oxygen atoms in total. The summed E-state index contributed by atoms with van der Waals surface area (Å²) in [5.74, 6) is -0.0630. The van der Waals surface area contributed by atoms with Crippen molar-refractivity contribution in [1.29, 1.82) is 0 Å². The van der Waals surface area contributed by atoms with Crippen LogP contribution in [-0.4, -0.2) is 27.0 Å². The van der Waals surface area contributed by atoms with Crippen LogP contribution in [0.5, 0.6) is 0 Å². The Kier molecular flexibility index (Phi) is 4.11. The molecule has 0 aliphatic carbocycles. The molecule has 1 amide bonds. The van der Waals surface area contributed by atoms with E-state index >= 15 is 0 Å². The van der Waals surface area contributed by atoms with E-state index in [-0.39, 0.29) is 11.4 Å². The lowest BCUT2D eigenvalue weighted by molar-refractivity contribution is -0.125. The molecule has 0 aromatic heterocycles. The number of thioether (sulfide) groups is 1. The van der Waals surface area contributed by atoms with Gasteiger partial charge in [0.25, 0.3) is 5.91 Å². The van der Waals surface area contributed by atoms with E-state index < -0.39 is 0 Å². The SMILES string of the molecule is CC(C)(C)N1C(=O)/C(=C\c2ccc(C=O)cc2)SC1=S. The molecular weight excluding hydrogens is 290 g/mol. The molecule has 0 atom stereocenters. The van der Waals surface area contributed by atoms with Crippen LogP contribution in [0, 0.1) is 0 Å². The Morgan fingerprint density at radius 1 is 1.15 bits per heavy atom. The molecule has 0 unspecified atom stereocenters. The predicted octanol–water partition coefficient (Wildman–Crippen LogP) is 3.50. The fourth-order valence-corrected chi connectivity index (χ4v) is 3.50. The third-order valence-electron chi connectivity index (χ3n) is 2.83. The summed E-state index contributed by atoms with van der Waals surface area (Å²) >= 11 is 6.59. The average Bonchev–Trinajstić information content (AvgIpc) is 2.64. The van der Waals surface area contributed by atoms with Gasteiger partial charge in [0.2, 0.25) is 0 Å². The van der Waals surface area contributed by atoms with E-state index in [1.54, 1.807) is 23.1 Å². The van der Waals surface area contributed by atoms with E-state index in [4.69, 9.17) is 12.2 Å². The lowest BCUT2D eigenvalue weighted by atomic mass is 10.1. The van der Waals surface area contributed by atoms with Crippen LogP contribution in [0.25, 0.3) is 6.08 Å². The van der Waals surface area contributed by atoms with Crippen molar-refractivity contribution in [1.82, 2.24) is 4.90 Å². The van der Waals surface area contributed by atoms with Gasteiger partial charge in [-0.3, -0.25) is 14.5 Å². The van der Waals surface area contributed by atoms with Crippen molar-refractivity contribution in [2.45, 2.75) is 26.3 Å². The summed E-state index contributed by atoms with van der Waals surface area (Å²) < 4.78 is 0.582. The molecule has 1 aliphatic heterocycles. The summed E-state index contributed by atoms with van der Waals surface area (Å²) in [6.45, 7) is 5.87. The van der Waals surface area contributed by atoms with Crippen molar-refractivity contribution in [3.05, 3.63) is 40.3 Å². The van der Waals surface area contributed by atoms with Gasteiger partial charge in [-0.1, -0.05) is 48.2 Å². The Bertz CT molecular complexity index is 597. The molecule has 1 saturated heterocycles. The zero-order chi connectivity index (χ0) is 14.9. The van der Waals surface area contributed by atoms with Crippen LogP contribution in [-0.2, 0) is 4.79 Å². The first-order valence-electron chi connectivity index (χ1n) is 6.16. The van der Waals surface area contributed by atoms with Gasteiger partial charge in [-0.15, -0.1) is 0 Å². The Labute approximate surface area is 128 Å². The van der Waals surface area contributed by atoms with Crippen molar-refractivity contribution in [3.63, 3.8) is 0 Å². The number of amides is 1. The predicted molar refractivity (Wildman–Crippen MR) is 86.6 cm³/mol. The number of aldehydes is 1. The standard InChI is InChI=1S/C15H15NO2S2/c1-15(2,3)16-13(18)12(20-14(16)19)8-10-4-6-11(9-17)7-5-10/h4-9H,1-3H3/b12-8+. The summed E-state index contributed by atoms with van der Waals surface area (Å²) in [5, 5.41) is 0. The summed E-state index contributed by atoms with van der Waals surface area (Å²) in [5.41, 5.74) is 1.17. The van der Waals surface area contributed by atoms with Gasteiger partial charge >= 0.3 is 0 Å². The van der Waals surface area contributed by atoms with Crippen molar-refractivity contribution in [2.24, 2.45) is 0 Å². The quantitative estimate of drug-likeness (QED) is 0.476. The molecule has 1 aliphatic rings. The summed E-state index contributed by atoms with van der Waals surface area (Å²) in [6, 6.07) is 7.08. The van der Waals surface area contributed by atoms with Crippen LogP contribution < -0.4 is 0 Å². The molecule has 2 rings (SSSR count). The van der Waals surface area contributed by atoms with Gasteiger partial charge in [0.1, 0.15) is 10.6 Å². The molecule has 20 heavy (non-hydrogen) atoms. The first-order chi connectivity index (χ1) is 9.32. The Morgan fingerprint density at radius 3 is 2.15 bits per heavy atom. The van der Waals surface area contributed by atoms with E-state index in [2.05, 4.69) is 0 Å². The number of carbonyl (C=O) groups excluding carboxylic acids is 2. The van der Waals surface area contributed by atoms with Crippen molar-refractivity contribution >= 4 is 46.6 Å². The Hall–Kier alpha value is -1.46. The van der Waals surface area contributed by atoms with Gasteiger partial charge in [-0.2, -0.15) is 0 Å². The van der Waals surface area contributed by atoms with Gasteiger partial charge in [-0.05, 0) is 32.4 Å². The average molecular weight is 305 g/mol. The smallest absolute Gasteiger partial charge is 0.266 e. The Balaban J connectivity index is 2.29. The highest BCUT2D eigenvalue weighted by Crippen LogP contribution is 2.36. The topological polar surface area (TPSA) is 37.4 Å². The van der Waals surface area contributed by atoms with Crippen molar-refractivity contribution in [3.8, 4) is 0 Å². The largest absolute Gasteiger partial charge is 0.298 e. The maximum absolute atomic E-state index is 12.4. The normalized spacial score (nSPS) is 17.9. The van der Waals surface area contributed by atoms with Crippen LogP contribution >= 0.6 is 24.0 Å². The number of hydrogen-bond acceptors (Lipinski definition) is 4. The number of hydrogen-bond donors (Lipinski definition) is 0. The monoisotopic (exact) mass is 305 g/mol. The highest BCUT2D eigenvalue weighted by atomic mass is 32.2. The molecule has 0 bridgehead atoms. The molecule has 1 aromatic rings. The van der Waals surface area contributed by atoms with Gasteiger partial charge in [0.15, 0.2) is 0 Å². The minimum absolute atomic E-state index is 0.0630. The highest BCUT2D eigenvalue weighted by Gasteiger charge is 2.38. The lowest BCUT2D eigenvalue weighted by Crippen LogP contribution is -2.44. The van der Waals surface area contributed by atoms with Crippen LogP contribution in [0.1, 0.15) is 36.7 Å². The second-order valence-corrected chi connectivity index (χ2v) is 7.15. The van der Waals surface area contributed by atoms with Crippen LogP contribution in [0.3, 0.4) is 0 Å². The van der Waals surface area contributed by atoms with Crippen molar-refractivity contribution < 1.29 is 9.59 Å². The van der Waals surface area contributed by atoms with E-state index in [9.17, 15) is 9.59 Å². The second-order valence-electron chi connectivity index (χ2n) is 5.47. The molecule has 1 heterocycles. The van der Waals surface area contributed by atoms with Gasteiger partial charge in [0.05, 0.1) is 4.91 Å². The van der Waals surface area contributed by atoms with Gasteiger partial charge in [0, 0.05) is 11.1 Å². The van der Waals surface area contributed by atoms with E-state index in [0.29, 0.717) is 14.8 Å². The highest BCUT2D eigenvalue weighted by molar-refractivity contribution is 8.26. The summed E-state index contributed by atoms with van der Waals surface area (Å²) in [4.78, 5) is 25.2. The minimum atomic E-state index is -0.321. The van der Waals surface area contributed by atoms with E-state index in [0.717, 1.165) is 11.8 Å². The second kappa shape index (κ2) is 5.50. The van der Waals surface area contributed by atoms with Crippen LogP contribution in [0.4, 0.5) is 0 Å². The number of benzene rings is 1. The van der Waals surface area contributed by atoms with Crippen LogP contribution in [0.15, 0.2) is 29.2 Å². The zero-order valence-corrected chi connectivity index (χ0v) is 13.2. The molecule has 1 aromatic carbocycles. The molecule has 104 valence electrons. The first kappa shape index (κ1) is 14.9. The number of thiocarbonyl (C=S) groups is 1. The summed E-state index contributed by atoms with van der Waals surface area (Å²) in [7, 11) is 0. The third kappa shape index (κ3) is 2.99. The van der Waals surface area contributed by atoms with Gasteiger partial charge in [-0.25, -0.2) is 0 Å². The maximum atomic E-state index is 12.4. The molecule has 0 radical (unpaired) electrons. The molecule has 0 saturated carbocycles. The zero-order valence-electron chi connectivity index (χ0n) is 11.5. The fraction of sp³-hybridized carbons (Fsp3) is 0.267. The Morgan fingerprint density at radius 2 is 1.70 bits per heavy atom. The molecule has 0 spiro atoms. The van der Waals surface area contributed by atoms with E-state index in [1.807, 2.05) is 32.9 Å². The van der Waals surface area contributed by atoms with Gasteiger partial charge < -0.3 is 0 Å². The molecule has 0 N–H and O–H groups in total. The number of nitrogens with zero attached hydrogens (tertiary/aromatic N) is 1. The first-order valence-corrected chi connectivity index (χ1v) is 7.39. The van der Waals surface area contributed by atoms with Crippen molar-refractivity contribution in [2.75, 3.05) is 0 Å². The fourth-order valence-electron chi connectivity index (χ4n) is 1.87. The molecule has 5 heteroatoms. The molecule has 1 fully saturated rings. The third-order valence-corrected chi connectivity index (χ3v) is 4.14. The number of rotatable bonds is 2.